The van der Waals surface area contributed by atoms with Crippen molar-refractivity contribution in [2.45, 2.75) is 44.2 Å². The summed E-state index contributed by atoms with van der Waals surface area (Å²) in [5.74, 6) is 0.197. The molecule has 1 saturated heterocycles. The van der Waals surface area contributed by atoms with Gasteiger partial charge >= 0.3 is 0 Å². The van der Waals surface area contributed by atoms with Gasteiger partial charge in [0, 0.05) is 35.8 Å². The van der Waals surface area contributed by atoms with E-state index in [1.54, 1.807) is 0 Å². The quantitative estimate of drug-likeness (QED) is 0.915. The van der Waals surface area contributed by atoms with Gasteiger partial charge in [-0.3, -0.25) is 4.79 Å². The maximum Gasteiger partial charge on any atom is 0.270 e. The van der Waals surface area contributed by atoms with E-state index in [0.29, 0.717) is 12.1 Å². The highest BCUT2D eigenvalue weighted by Gasteiger charge is 2.32. The smallest absolute Gasteiger partial charge is 0.270 e. The summed E-state index contributed by atoms with van der Waals surface area (Å²) in [5, 5.41) is 3.22. The molecular weight excluding hydrogens is 318 g/mol. The molecule has 1 aliphatic heterocycles. The molecule has 1 amide bonds. The standard InChI is InChI=1S/C15H22BrN3O/c1-17-9-13-4-2-3-7-18(13)15(20)14-8-11(16)10-19(14)12-5-6-12/h8,10,12-13,17H,2-7,9H2,1H3. The van der Waals surface area contributed by atoms with Gasteiger partial charge in [0.05, 0.1) is 0 Å². The molecular formula is C15H22BrN3O. The third-order valence-corrected chi connectivity index (χ3v) is 4.74. The molecule has 3 rings (SSSR count). The van der Waals surface area contributed by atoms with Gasteiger partial charge in [-0.1, -0.05) is 0 Å². The van der Waals surface area contributed by atoms with E-state index in [4.69, 9.17) is 0 Å². The van der Waals surface area contributed by atoms with Gasteiger partial charge < -0.3 is 14.8 Å². The summed E-state index contributed by atoms with van der Waals surface area (Å²) in [6.45, 7) is 1.77. The number of halogens is 1. The van der Waals surface area contributed by atoms with E-state index in [1.807, 2.05) is 13.1 Å². The highest BCUT2D eigenvalue weighted by molar-refractivity contribution is 9.10. The van der Waals surface area contributed by atoms with Crippen LogP contribution in [-0.2, 0) is 0 Å². The third-order valence-electron chi connectivity index (χ3n) is 4.30. The molecule has 20 heavy (non-hydrogen) atoms. The molecule has 1 saturated carbocycles. The third kappa shape index (κ3) is 2.79. The van der Waals surface area contributed by atoms with Crippen LogP contribution in [0.5, 0.6) is 0 Å². The van der Waals surface area contributed by atoms with Crippen LogP contribution in [0.3, 0.4) is 0 Å². The van der Waals surface area contributed by atoms with Gasteiger partial charge in [0.25, 0.3) is 5.91 Å². The van der Waals surface area contributed by atoms with E-state index in [1.165, 1.54) is 19.3 Å². The number of likely N-dealkylation sites (N-methyl/N-ethyl adjacent to an activating group) is 1. The number of piperidine rings is 1. The summed E-state index contributed by atoms with van der Waals surface area (Å²) in [6.07, 6.45) is 7.91. The van der Waals surface area contributed by atoms with E-state index in [0.717, 1.165) is 36.1 Å². The van der Waals surface area contributed by atoms with Gasteiger partial charge in [-0.25, -0.2) is 0 Å². The largest absolute Gasteiger partial charge is 0.339 e. The Labute approximate surface area is 128 Å². The normalized spacial score (nSPS) is 23.1. The number of hydrogen-bond donors (Lipinski definition) is 1. The Morgan fingerprint density at radius 2 is 2.20 bits per heavy atom. The first kappa shape index (κ1) is 14.1. The van der Waals surface area contributed by atoms with Crippen LogP contribution in [0.25, 0.3) is 0 Å². The Hall–Kier alpha value is -0.810. The number of nitrogens with zero attached hydrogens (tertiary/aromatic N) is 2. The maximum absolute atomic E-state index is 12.9. The first-order valence-corrected chi connectivity index (χ1v) is 8.33. The van der Waals surface area contributed by atoms with Crippen molar-refractivity contribution in [3.8, 4) is 0 Å². The van der Waals surface area contributed by atoms with Crippen molar-refractivity contribution in [3.05, 3.63) is 22.4 Å². The number of aromatic nitrogens is 1. The minimum atomic E-state index is 0.197. The minimum absolute atomic E-state index is 0.197. The Kier molecular flexibility index (Phi) is 4.17. The topological polar surface area (TPSA) is 37.3 Å². The van der Waals surface area contributed by atoms with E-state index < -0.39 is 0 Å². The predicted molar refractivity (Wildman–Crippen MR) is 83.0 cm³/mol. The van der Waals surface area contributed by atoms with Crippen LogP contribution in [0.2, 0.25) is 0 Å². The van der Waals surface area contributed by atoms with Gasteiger partial charge in [0.2, 0.25) is 0 Å². The van der Waals surface area contributed by atoms with Crippen LogP contribution in [0, 0.1) is 0 Å². The van der Waals surface area contributed by atoms with Gasteiger partial charge in [-0.05, 0) is 61.1 Å². The maximum atomic E-state index is 12.9. The number of rotatable bonds is 4. The molecule has 1 aliphatic carbocycles. The van der Waals surface area contributed by atoms with Crippen LogP contribution in [0.1, 0.15) is 48.6 Å². The minimum Gasteiger partial charge on any atom is -0.339 e. The molecule has 2 fully saturated rings. The van der Waals surface area contributed by atoms with Crippen LogP contribution in [0.15, 0.2) is 16.7 Å². The van der Waals surface area contributed by atoms with Crippen molar-refractivity contribution < 1.29 is 4.79 Å². The molecule has 1 aromatic heterocycles. The fourth-order valence-corrected chi connectivity index (χ4v) is 3.57. The van der Waals surface area contributed by atoms with E-state index in [2.05, 4.69) is 36.9 Å². The average molecular weight is 340 g/mol. The van der Waals surface area contributed by atoms with Crippen LogP contribution >= 0.6 is 15.9 Å². The molecule has 1 atom stereocenters. The lowest BCUT2D eigenvalue weighted by molar-refractivity contribution is 0.0603. The molecule has 1 aromatic rings. The van der Waals surface area contributed by atoms with Crippen molar-refractivity contribution in [1.82, 2.24) is 14.8 Å². The number of likely N-dealkylation sites (tertiary alicyclic amines) is 1. The second-order valence-electron chi connectivity index (χ2n) is 5.89. The summed E-state index contributed by atoms with van der Waals surface area (Å²) in [4.78, 5) is 15.0. The molecule has 110 valence electrons. The van der Waals surface area contributed by atoms with Crippen molar-refractivity contribution in [2.24, 2.45) is 0 Å². The first-order valence-electron chi connectivity index (χ1n) is 7.53. The highest BCUT2D eigenvalue weighted by Crippen LogP contribution is 2.38. The molecule has 4 nitrogen and oxygen atoms in total. The number of carbonyl (C=O) groups is 1. The number of hydrogen-bond acceptors (Lipinski definition) is 2. The lowest BCUT2D eigenvalue weighted by Crippen LogP contribution is -2.48. The Morgan fingerprint density at radius 1 is 1.40 bits per heavy atom. The van der Waals surface area contributed by atoms with Crippen LogP contribution < -0.4 is 5.32 Å². The monoisotopic (exact) mass is 339 g/mol. The molecule has 0 spiro atoms. The number of carbonyl (C=O) groups excluding carboxylic acids is 1. The fourth-order valence-electron chi connectivity index (χ4n) is 3.13. The predicted octanol–water partition coefficient (Wildman–Crippen LogP) is 2.80. The lowest BCUT2D eigenvalue weighted by atomic mass is 10.0. The summed E-state index contributed by atoms with van der Waals surface area (Å²) >= 11 is 3.51. The Bertz CT molecular complexity index is 493. The van der Waals surface area contributed by atoms with E-state index in [-0.39, 0.29) is 5.91 Å². The van der Waals surface area contributed by atoms with Crippen LogP contribution in [0.4, 0.5) is 0 Å². The zero-order valence-electron chi connectivity index (χ0n) is 11.9. The zero-order chi connectivity index (χ0) is 14.1. The van der Waals surface area contributed by atoms with E-state index in [9.17, 15) is 4.79 Å². The Morgan fingerprint density at radius 3 is 2.90 bits per heavy atom. The second kappa shape index (κ2) is 5.90. The van der Waals surface area contributed by atoms with Crippen molar-refractivity contribution in [1.29, 1.82) is 0 Å². The fraction of sp³-hybridized carbons (Fsp3) is 0.667. The summed E-state index contributed by atoms with van der Waals surface area (Å²) in [6, 6.07) is 2.85. The molecule has 5 heteroatoms. The number of nitrogens with one attached hydrogen (secondary N) is 1. The van der Waals surface area contributed by atoms with Gasteiger partial charge in [0.1, 0.15) is 5.69 Å². The second-order valence-corrected chi connectivity index (χ2v) is 6.80. The molecule has 0 aromatic carbocycles. The summed E-state index contributed by atoms with van der Waals surface area (Å²) in [5.41, 5.74) is 0.849. The first-order chi connectivity index (χ1) is 9.70. The number of amides is 1. The van der Waals surface area contributed by atoms with Gasteiger partial charge in [-0.15, -0.1) is 0 Å². The lowest BCUT2D eigenvalue weighted by Gasteiger charge is -2.36. The van der Waals surface area contributed by atoms with Gasteiger partial charge in [0.15, 0.2) is 0 Å². The zero-order valence-corrected chi connectivity index (χ0v) is 13.5. The van der Waals surface area contributed by atoms with Crippen molar-refractivity contribution in [2.75, 3.05) is 20.1 Å². The molecule has 1 unspecified atom stereocenters. The average Bonchev–Trinajstić information content (AvgIpc) is 3.22. The molecule has 2 aliphatic rings. The summed E-state index contributed by atoms with van der Waals surface area (Å²) < 4.78 is 3.17. The molecule has 0 radical (unpaired) electrons. The van der Waals surface area contributed by atoms with Crippen molar-refractivity contribution >= 4 is 21.8 Å². The van der Waals surface area contributed by atoms with Gasteiger partial charge in [-0.2, -0.15) is 0 Å². The SMILES string of the molecule is CNCC1CCCCN1C(=O)c1cc(Br)cn1C1CC1. The highest BCUT2D eigenvalue weighted by atomic mass is 79.9. The van der Waals surface area contributed by atoms with Crippen molar-refractivity contribution in [3.63, 3.8) is 0 Å². The Balaban J connectivity index is 1.83. The molecule has 0 bridgehead atoms. The molecule has 1 N–H and O–H groups in total. The molecule has 2 heterocycles. The summed E-state index contributed by atoms with van der Waals surface area (Å²) in [7, 11) is 1.96. The van der Waals surface area contributed by atoms with Crippen LogP contribution in [-0.4, -0.2) is 41.6 Å². The van der Waals surface area contributed by atoms with E-state index >= 15 is 0 Å².